The van der Waals surface area contributed by atoms with Gasteiger partial charge in [0.2, 0.25) is 0 Å². The van der Waals surface area contributed by atoms with Crippen molar-refractivity contribution in [2.24, 2.45) is 7.05 Å². The Kier molecular flexibility index (Phi) is 6.12. The van der Waals surface area contributed by atoms with Crippen LogP contribution in [-0.4, -0.2) is 75.8 Å². The molecule has 9 heteroatoms. The van der Waals surface area contributed by atoms with Gasteiger partial charge in [0.05, 0.1) is 36.1 Å². The predicted molar refractivity (Wildman–Crippen MR) is 115 cm³/mol. The van der Waals surface area contributed by atoms with E-state index in [4.69, 9.17) is 4.74 Å². The Morgan fingerprint density at radius 2 is 1.94 bits per heavy atom. The third-order valence-electron chi connectivity index (χ3n) is 6.21. The third-order valence-corrected chi connectivity index (χ3v) is 6.21. The lowest BCUT2D eigenvalue weighted by molar-refractivity contribution is -0.140. The van der Waals surface area contributed by atoms with Crippen LogP contribution in [0.25, 0.3) is 5.76 Å². The summed E-state index contributed by atoms with van der Waals surface area (Å²) >= 11 is 0. The molecule has 8 nitrogen and oxygen atoms in total. The summed E-state index contributed by atoms with van der Waals surface area (Å²) in [5.74, 6) is -2.24. The second kappa shape index (κ2) is 8.84. The van der Waals surface area contributed by atoms with Crippen LogP contribution in [0.4, 0.5) is 4.39 Å². The maximum absolute atomic E-state index is 14.1. The number of aliphatic hydroxyl groups is 1. The molecule has 0 aliphatic carbocycles. The highest BCUT2D eigenvalue weighted by Crippen LogP contribution is 2.40. The molecule has 1 N–H and O–H groups in total. The molecule has 2 aliphatic rings. The zero-order chi connectivity index (χ0) is 23.0. The maximum Gasteiger partial charge on any atom is 0.295 e. The fraction of sp³-hybridized carbons (Fsp3) is 0.435. The molecular formula is C23H27FN4O4. The normalized spacial score (nSPS) is 21.5. The van der Waals surface area contributed by atoms with E-state index in [-0.39, 0.29) is 17.9 Å². The summed E-state index contributed by atoms with van der Waals surface area (Å²) in [5.41, 5.74) is 2.02. The van der Waals surface area contributed by atoms with Crippen molar-refractivity contribution < 1.29 is 23.8 Å². The van der Waals surface area contributed by atoms with Crippen molar-refractivity contribution in [1.29, 1.82) is 0 Å². The summed E-state index contributed by atoms with van der Waals surface area (Å²) in [4.78, 5) is 29.7. The average Bonchev–Trinajstić information content (AvgIpc) is 3.18. The molecule has 2 fully saturated rings. The van der Waals surface area contributed by atoms with E-state index < -0.39 is 23.5 Å². The molecule has 0 radical (unpaired) electrons. The second-order valence-corrected chi connectivity index (χ2v) is 8.17. The fourth-order valence-corrected chi connectivity index (χ4v) is 4.46. The second-order valence-electron chi connectivity index (χ2n) is 8.17. The lowest BCUT2D eigenvalue weighted by atomic mass is 9.94. The van der Waals surface area contributed by atoms with E-state index in [1.807, 2.05) is 0 Å². The Bertz CT molecular complexity index is 1090. The van der Waals surface area contributed by atoms with Crippen molar-refractivity contribution in [2.45, 2.75) is 19.9 Å². The molecule has 1 atom stereocenters. The molecule has 1 aromatic carbocycles. The zero-order valence-corrected chi connectivity index (χ0v) is 18.5. The molecule has 1 amide bonds. The van der Waals surface area contributed by atoms with Gasteiger partial charge in [0, 0.05) is 38.9 Å². The molecule has 2 saturated heterocycles. The van der Waals surface area contributed by atoms with Crippen LogP contribution in [-0.2, 0) is 21.4 Å². The summed E-state index contributed by atoms with van der Waals surface area (Å²) in [6.07, 6.45) is 0. The minimum atomic E-state index is -0.884. The van der Waals surface area contributed by atoms with Gasteiger partial charge in [-0.25, -0.2) is 4.39 Å². The van der Waals surface area contributed by atoms with Gasteiger partial charge in [-0.3, -0.25) is 19.2 Å². The first-order chi connectivity index (χ1) is 15.3. The minimum Gasteiger partial charge on any atom is -0.507 e. The third kappa shape index (κ3) is 3.93. The van der Waals surface area contributed by atoms with Gasteiger partial charge in [-0.1, -0.05) is 12.1 Å². The van der Waals surface area contributed by atoms with Crippen LogP contribution in [0.5, 0.6) is 0 Å². The van der Waals surface area contributed by atoms with Gasteiger partial charge in [0.15, 0.2) is 0 Å². The van der Waals surface area contributed by atoms with Crippen LogP contribution in [0.15, 0.2) is 29.8 Å². The quantitative estimate of drug-likeness (QED) is 0.433. The number of hydrogen-bond acceptors (Lipinski definition) is 6. The van der Waals surface area contributed by atoms with Gasteiger partial charge in [-0.05, 0) is 31.5 Å². The van der Waals surface area contributed by atoms with E-state index in [1.165, 1.54) is 23.1 Å². The number of carbonyl (C=O) groups excluding carboxylic acids is 2. The number of ketones is 1. The first kappa shape index (κ1) is 22.2. The summed E-state index contributed by atoms with van der Waals surface area (Å²) in [7, 11) is 1.74. The summed E-state index contributed by atoms with van der Waals surface area (Å²) in [6.45, 7) is 7.04. The van der Waals surface area contributed by atoms with Gasteiger partial charge in [-0.2, -0.15) is 5.10 Å². The van der Waals surface area contributed by atoms with Gasteiger partial charge < -0.3 is 14.7 Å². The Hall–Kier alpha value is -3.04. The highest BCUT2D eigenvalue weighted by Gasteiger charge is 2.46. The fourth-order valence-electron chi connectivity index (χ4n) is 4.46. The summed E-state index contributed by atoms with van der Waals surface area (Å²) < 4.78 is 21.1. The Balaban J connectivity index is 1.79. The van der Waals surface area contributed by atoms with Crippen LogP contribution in [0, 0.1) is 19.7 Å². The molecule has 4 rings (SSSR count). The van der Waals surface area contributed by atoms with E-state index in [1.54, 1.807) is 31.6 Å². The smallest absolute Gasteiger partial charge is 0.295 e. The Morgan fingerprint density at radius 3 is 2.56 bits per heavy atom. The number of aliphatic hydroxyl groups excluding tert-OH is 1. The number of aromatic nitrogens is 2. The molecule has 0 bridgehead atoms. The first-order valence-electron chi connectivity index (χ1n) is 10.6. The van der Waals surface area contributed by atoms with Crippen molar-refractivity contribution >= 4 is 17.4 Å². The van der Waals surface area contributed by atoms with Crippen LogP contribution in [0.1, 0.15) is 28.6 Å². The molecule has 3 heterocycles. The number of rotatable bonds is 5. The van der Waals surface area contributed by atoms with Crippen LogP contribution in [0.3, 0.4) is 0 Å². The van der Waals surface area contributed by atoms with E-state index in [9.17, 15) is 19.1 Å². The zero-order valence-electron chi connectivity index (χ0n) is 18.5. The first-order valence-corrected chi connectivity index (χ1v) is 10.6. The number of benzene rings is 1. The van der Waals surface area contributed by atoms with Crippen LogP contribution in [0.2, 0.25) is 0 Å². The molecule has 0 unspecified atom stereocenters. The molecule has 2 aliphatic heterocycles. The SMILES string of the molecule is Cc1nn(C)c(C)c1/C(O)=C1\C(=O)C(=O)N(CCN2CCOCC2)[C@H]1c1cccc(F)c1. The number of Topliss-reactive ketones (excluding diaryl/α,β-unsaturated/α-hetero) is 1. The van der Waals surface area contributed by atoms with Gasteiger partial charge in [0.25, 0.3) is 11.7 Å². The average molecular weight is 442 g/mol. The van der Waals surface area contributed by atoms with Gasteiger partial charge in [-0.15, -0.1) is 0 Å². The lowest BCUT2D eigenvalue weighted by Gasteiger charge is -2.31. The molecule has 0 spiro atoms. The van der Waals surface area contributed by atoms with Crippen molar-refractivity contribution in [2.75, 3.05) is 39.4 Å². The minimum absolute atomic E-state index is 0.0400. The lowest BCUT2D eigenvalue weighted by Crippen LogP contribution is -2.42. The molecule has 2 aromatic rings. The number of halogens is 1. The number of nitrogens with zero attached hydrogens (tertiary/aromatic N) is 4. The van der Waals surface area contributed by atoms with Gasteiger partial charge >= 0.3 is 0 Å². The molecule has 32 heavy (non-hydrogen) atoms. The van der Waals surface area contributed by atoms with Crippen molar-refractivity contribution in [3.05, 3.63) is 58.2 Å². The topological polar surface area (TPSA) is 87.9 Å². The number of amides is 1. The number of aryl methyl sites for hydroxylation is 2. The Labute approximate surface area is 185 Å². The predicted octanol–water partition coefficient (Wildman–Crippen LogP) is 1.93. The molecular weight excluding hydrogens is 415 g/mol. The van der Waals surface area contributed by atoms with Crippen molar-refractivity contribution in [3.8, 4) is 0 Å². The number of hydrogen-bond donors (Lipinski definition) is 1. The van der Waals surface area contributed by atoms with Crippen LogP contribution < -0.4 is 0 Å². The van der Waals surface area contributed by atoms with E-state index in [0.29, 0.717) is 42.3 Å². The van der Waals surface area contributed by atoms with Crippen molar-refractivity contribution in [1.82, 2.24) is 19.6 Å². The van der Waals surface area contributed by atoms with Gasteiger partial charge in [0.1, 0.15) is 11.6 Å². The van der Waals surface area contributed by atoms with Crippen molar-refractivity contribution in [3.63, 3.8) is 0 Å². The monoisotopic (exact) mass is 442 g/mol. The summed E-state index contributed by atoms with van der Waals surface area (Å²) in [6, 6.07) is 4.92. The Morgan fingerprint density at radius 1 is 1.22 bits per heavy atom. The molecule has 170 valence electrons. The number of carbonyl (C=O) groups is 2. The number of morpholine rings is 1. The standard InChI is InChI=1S/C23H27FN4O4/c1-14-18(15(2)26(3)25-14)21(29)19-20(16-5-4-6-17(24)13-16)28(23(31)22(19)30)8-7-27-9-11-32-12-10-27/h4-6,13,20,29H,7-12H2,1-3H3/b21-19+/t20-/m0/s1. The largest absolute Gasteiger partial charge is 0.507 e. The number of ether oxygens (including phenoxy) is 1. The van der Waals surface area contributed by atoms with E-state index >= 15 is 0 Å². The van der Waals surface area contributed by atoms with E-state index in [0.717, 1.165) is 13.1 Å². The number of likely N-dealkylation sites (tertiary alicyclic amines) is 1. The highest BCUT2D eigenvalue weighted by atomic mass is 19.1. The highest BCUT2D eigenvalue weighted by molar-refractivity contribution is 6.46. The van der Waals surface area contributed by atoms with E-state index in [2.05, 4.69) is 10.00 Å². The molecule has 1 aromatic heterocycles. The van der Waals surface area contributed by atoms with Crippen LogP contribution >= 0.6 is 0 Å². The molecule has 0 saturated carbocycles. The summed E-state index contributed by atoms with van der Waals surface area (Å²) in [5, 5.41) is 15.5. The maximum atomic E-state index is 14.1.